The number of carbonyl (C=O) groups is 1. The van der Waals surface area contributed by atoms with E-state index in [0.717, 1.165) is 42.6 Å². The molecular weight excluding hydrogens is 250 g/mol. The van der Waals surface area contributed by atoms with Gasteiger partial charge >= 0.3 is 0 Å². The van der Waals surface area contributed by atoms with E-state index in [9.17, 15) is 4.79 Å². The van der Waals surface area contributed by atoms with Gasteiger partial charge in [-0.3, -0.25) is 4.79 Å². The third-order valence-corrected chi connectivity index (χ3v) is 4.11. The van der Waals surface area contributed by atoms with E-state index >= 15 is 0 Å². The predicted octanol–water partition coefficient (Wildman–Crippen LogP) is 2.66. The smallest absolute Gasteiger partial charge is 0.226 e. The molecule has 0 heterocycles. The third-order valence-electron chi connectivity index (χ3n) is 4.11. The zero-order valence-corrected chi connectivity index (χ0v) is 12.7. The van der Waals surface area contributed by atoms with Crippen LogP contribution in [0.1, 0.15) is 37.7 Å². The average molecular weight is 275 g/mol. The molecule has 0 spiro atoms. The molecule has 3 N–H and O–H groups in total. The van der Waals surface area contributed by atoms with Crippen LogP contribution in [-0.2, 0) is 4.79 Å². The Morgan fingerprint density at radius 2 is 2.00 bits per heavy atom. The van der Waals surface area contributed by atoms with Crippen LogP contribution in [0.4, 0.5) is 11.4 Å². The first-order valence-electron chi connectivity index (χ1n) is 7.26. The van der Waals surface area contributed by atoms with E-state index in [1.165, 1.54) is 0 Å². The lowest BCUT2D eigenvalue weighted by molar-refractivity contribution is -0.117. The summed E-state index contributed by atoms with van der Waals surface area (Å²) in [6.07, 6.45) is 4.61. The minimum atomic E-state index is -0.290. The van der Waals surface area contributed by atoms with Gasteiger partial charge in [0.15, 0.2) is 0 Å². The first-order valence-corrected chi connectivity index (χ1v) is 7.26. The Labute approximate surface area is 121 Å². The van der Waals surface area contributed by atoms with Crippen molar-refractivity contribution in [2.45, 2.75) is 44.6 Å². The highest BCUT2D eigenvalue weighted by molar-refractivity contribution is 5.92. The first-order chi connectivity index (χ1) is 9.39. The molecule has 0 aliphatic heterocycles. The highest BCUT2D eigenvalue weighted by atomic mass is 16.1. The van der Waals surface area contributed by atoms with Crippen LogP contribution >= 0.6 is 0 Å². The van der Waals surface area contributed by atoms with Crippen molar-refractivity contribution >= 4 is 17.3 Å². The number of nitrogens with one attached hydrogen (secondary N) is 1. The second kappa shape index (κ2) is 5.83. The lowest BCUT2D eigenvalue weighted by Gasteiger charge is -2.23. The molecule has 1 aliphatic rings. The number of amides is 1. The standard InChI is InChI=1S/C16H25N3O/c1-12-10-13(19(2)3)6-7-14(12)18-15(20)11-16(17)8-4-5-9-16/h6-7,10H,4-5,8-9,11,17H2,1-3H3,(H,18,20). The lowest BCUT2D eigenvalue weighted by atomic mass is 9.94. The second-order valence-electron chi connectivity index (χ2n) is 6.19. The van der Waals surface area contributed by atoms with Crippen molar-refractivity contribution in [3.8, 4) is 0 Å². The largest absolute Gasteiger partial charge is 0.378 e. The lowest BCUT2D eigenvalue weighted by Crippen LogP contribution is -2.40. The summed E-state index contributed by atoms with van der Waals surface area (Å²) in [4.78, 5) is 14.2. The van der Waals surface area contributed by atoms with E-state index in [2.05, 4.69) is 11.4 Å². The van der Waals surface area contributed by atoms with Gasteiger partial charge in [0.1, 0.15) is 0 Å². The summed E-state index contributed by atoms with van der Waals surface area (Å²) in [6, 6.07) is 6.04. The summed E-state index contributed by atoms with van der Waals surface area (Å²) >= 11 is 0. The molecule has 1 fully saturated rings. The van der Waals surface area contributed by atoms with Gasteiger partial charge < -0.3 is 16.0 Å². The zero-order chi connectivity index (χ0) is 14.8. The maximum atomic E-state index is 12.1. The van der Waals surface area contributed by atoms with Crippen LogP contribution in [0.2, 0.25) is 0 Å². The fourth-order valence-corrected chi connectivity index (χ4v) is 2.84. The fraction of sp³-hybridized carbons (Fsp3) is 0.562. The van der Waals surface area contributed by atoms with E-state index in [4.69, 9.17) is 5.73 Å². The summed E-state index contributed by atoms with van der Waals surface area (Å²) in [5, 5.41) is 2.99. The van der Waals surface area contributed by atoms with E-state index in [-0.39, 0.29) is 11.4 Å². The molecule has 0 aromatic heterocycles. The molecule has 1 saturated carbocycles. The first kappa shape index (κ1) is 14.9. The molecule has 20 heavy (non-hydrogen) atoms. The Balaban J connectivity index is 2.01. The Bertz CT molecular complexity index is 490. The molecular formula is C16H25N3O. The molecule has 4 nitrogen and oxygen atoms in total. The molecule has 4 heteroatoms. The van der Waals surface area contributed by atoms with Gasteiger partial charge in [-0.2, -0.15) is 0 Å². The predicted molar refractivity (Wildman–Crippen MR) is 84.1 cm³/mol. The molecule has 0 bridgehead atoms. The highest BCUT2D eigenvalue weighted by Gasteiger charge is 2.31. The van der Waals surface area contributed by atoms with E-state index < -0.39 is 0 Å². The minimum absolute atomic E-state index is 0.0232. The number of nitrogens with zero attached hydrogens (tertiary/aromatic N) is 1. The third kappa shape index (κ3) is 3.51. The molecule has 1 amide bonds. The molecule has 1 aromatic carbocycles. The maximum absolute atomic E-state index is 12.1. The quantitative estimate of drug-likeness (QED) is 0.888. The average Bonchev–Trinajstić information content (AvgIpc) is 2.77. The monoisotopic (exact) mass is 275 g/mol. The van der Waals surface area contributed by atoms with E-state index in [0.29, 0.717) is 6.42 Å². The summed E-state index contributed by atoms with van der Waals surface area (Å²) in [6.45, 7) is 2.01. The number of nitrogens with two attached hydrogens (primary N) is 1. The number of anilines is 2. The number of hydrogen-bond donors (Lipinski definition) is 2. The molecule has 2 rings (SSSR count). The molecule has 0 saturated heterocycles. The van der Waals surface area contributed by atoms with E-state index in [1.807, 2.05) is 38.1 Å². The van der Waals surface area contributed by atoms with Crippen LogP contribution in [0.3, 0.4) is 0 Å². The van der Waals surface area contributed by atoms with Crippen molar-refractivity contribution in [3.63, 3.8) is 0 Å². The number of benzene rings is 1. The number of carbonyl (C=O) groups excluding carboxylic acids is 1. The summed E-state index contributed by atoms with van der Waals surface area (Å²) in [7, 11) is 4.01. The Morgan fingerprint density at radius 1 is 1.35 bits per heavy atom. The molecule has 1 aromatic rings. The maximum Gasteiger partial charge on any atom is 0.226 e. The zero-order valence-electron chi connectivity index (χ0n) is 12.7. The summed E-state index contributed by atoms with van der Waals surface area (Å²) in [5.74, 6) is 0.0232. The minimum Gasteiger partial charge on any atom is -0.378 e. The normalized spacial score (nSPS) is 17.0. The van der Waals surface area contributed by atoms with Crippen molar-refractivity contribution < 1.29 is 4.79 Å². The van der Waals surface area contributed by atoms with Gasteiger partial charge in [-0.1, -0.05) is 12.8 Å². The number of hydrogen-bond acceptors (Lipinski definition) is 3. The van der Waals surface area contributed by atoms with Gasteiger partial charge in [-0.15, -0.1) is 0 Å². The molecule has 0 atom stereocenters. The van der Waals surface area contributed by atoms with Crippen molar-refractivity contribution in [2.24, 2.45) is 5.73 Å². The molecule has 0 radical (unpaired) electrons. The second-order valence-corrected chi connectivity index (χ2v) is 6.19. The van der Waals surface area contributed by atoms with Gasteiger partial charge in [-0.05, 0) is 43.5 Å². The topological polar surface area (TPSA) is 58.4 Å². The van der Waals surface area contributed by atoms with Gasteiger partial charge in [0.25, 0.3) is 0 Å². The van der Waals surface area contributed by atoms with Crippen LogP contribution < -0.4 is 16.0 Å². The van der Waals surface area contributed by atoms with Gasteiger partial charge in [-0.25, -0.2) is 0 Å². The Morgan fingerprint density at radius 3 is 2.55 bits per heavy atom. The number of rotatable bonds is 4. The Kier molecular flexibility index (Phi) is 4.33. The van der Waals surface area contributed by atoms with Gasteiger partial charge in [0, 0.05) is 37.4 Å². The molecule has 0 unspecified atom stereocenters. The summed E-state index contributed by atoms with van der Waals surface area (Å²) < 4.78 is 0. The van der Waals surface area contributed by atoms with Crippen LogP contribution in [0.5, 0.6) is 0 Å². The highest BCUT2D eigenvalue weighted by Crippen LogP contribution is 2.30. The molecule has 1 aliphatic carbocycles. The SMILES string of the molecule is Cc1cc(N(C)C)ccc1NC(=O)CC1(N)CCCC1. The van der Waals surface area contributed by atoms with Crippen molar-refractivity contribution in [1.29, 1.82) is 0 Å². The van der Waals surface area contributed by atoms with Crippen molar-refractivity contribution in [1.82, 2.24) is 0 Å². The van der Waals surface area contributed by atoms with Gasteiger partial charge in [0.2, 0.25) is 5.91 Å². The van der Waals surface area contributed by atoms with Crippen LogP contribution in [0.25, 0.3) is 0 Å². The number of aryl methyl sites for hydroxylation is 1. The van der Waals surface area contributed by atoms with Crippen LogP contribution in [0.15, 0.2) is 18.2 Å². The van der Waals surface area contributed by atoms with Crippen LogP contribution in [0, 0.1) is 6.92 Å². The van der Waals surface area contributed by atoms with Gasteiger partial charge in [0.05, 0.1) is 0 Å². The molecule has 110 valence electrons. The Hall–Kier alpha value is -1.55. The van der Waals surface area contributed by atoms with Crippen molar-refractivity contribution in [3.05, 3.63) is 23.8 Å². The van der Waals surface area contributed by atoms with Crippen LogP contribution in [-0.4, -0.2) is 25.5 Å². The fourth-order valence-electron chi connectivity index (χ4n) is 2.84. The summed E-state index contributed by atoms with van der Waals surface area (Å²) in [5.41, 5.74) is 9.04. The van der Waals surface area contributed by atoms with E-state index in [1.54, 1.807) is 0 Å². The van der Waals surface area contributed by atoms with Crippen molar-refractivity contribution in [2.75, 3.05) is 24.3 Å².